The number of aliphatic hydroxyl groups excluding tert-OH is 1. The lowest BCUT2D eigenvalue weighted by molar-refractivity contribution is 0.145. The summed E-state index contributed by atoms with van der Waals surface area (Å²) in [5, 5.41) is 17.2. The largest absolute Gasteiger partial charge is 0.393 e. The van der Waals surface area contributed by atoms with Gasteiger partial charge in [-0.1, -0.05) is 41.1 Å². The van der Waals surface area contributed by atoms with Gasteiger partial charge >= 0.3 is 0 Å². The second kappa shape index (κ2) is 7.80. The minimum absolute atomic E-state index is 0.181. The number of nitrogens with zero attached hydrogens (tertiary/aromatic N) is 3. The summed E-state index contributed by atoms with van der Waals surface area (Å²) in [7, 11) is 0. The number of rotatable bonds is 5. The molecule has 0 aliphatic carbocycles. The van der Waals surface area contributed by atoms with Gasteiger partial charge in [0.1, 0.15) is 0 Å². The first-order valence-electron chi connectivity index (χ1n) is 9.34. The molecule has 3 aromatic rings. The van der Waals surface area contributed by atoms with E-state index in [0.717, 1.165) is 48.4 Å². The average molecular weight is 364 g/mol. The molecule has 1 fully saturated rings. The van der Waals surface area contributed by atoms with Gasteiger partial charge in [0.15, 0.2) is 0 Å². The number of anilines is 2. The molecule has 0 bridgehead atoms. The third kappa shape index (κ3) is 4.11. The highest BCUT2D eigenvalue weighted by molar-refractivity contribution is 5.70. The lowest BCUT2D eigenvalue weighted by atomic mass is 10.1. The van der Waals surface area contributed by atoms with E-state index < -0.39 is 0 Å². The number of para-hydroxylation sites is 2. The van der Waals surface area contributed by atoms with Crippen molar-refractivity contribution in [1.29, 1.82) is 0 Å². The standard InChI is InChI=1S/C21H24N4O2/c1-15-5-4-6-16(13-15)21-23-20(27-24-21)14-22-18-7-2-3-8-19(18)25-11-9-17(26)10-12-25/h2-8,13,17,22,26H,9-12,14H2,1H3. The lowest BCUT2D eigenvalue weighted by Crippen LogP contribution is -2.36. The Labute approximate surface area is 158 Å². The van der Waals surface area contributed by atoms with Crippen LogP contribution in [0, 0.1) is 6.92 Å². The predicted octanol–water partition coefficient (Wildman–Crippen LogP) is 3.62. The van der Waals surface area contributed by atoms with Gasteiger partial charge in [0.2, 0.25) is 11.7 Å². The van der Waals surface area contributed by atoms with E-state index in [1.807, 2.05) is 43.3 Å². The third-order valence-corrected chi connectivity index (χ3v) is 4.88. The quantitative estimate of drug-likeness (QED) is 0.720. The molecule has 2 heterocycles. The Morgan fingerprint density at radius 3 is 2.78 bits per heavy atom. The molecule has 0 spiro atoms. The predicted molar refractivity (Wildman–Crippen MR) is 106 cm³/mol. The van der Waals surface area contributed by atoms with E-state index in [-0.39, 0.29) is 6.10 Å². The third-order valence-electron chi connectivity index (χ3n) is 4.88. The number of aromatic nitrogens is 2. The molecule has 0 amide bonds. The molecule has 6 nitrogen and oxygen atoms in total. The monoisotopic (exact) mass is 364 g/mol. The first-order valence-corrected chi connectivity index (χ1v) is 9.34. The summed E-state index contributed by atoms with van der Waals surface area (Å²) < 4.78 is 5.41. The maximum Gasteiger partial charge on any atom is 0.246 e. The maximum atomic E-state index is 9.74. The number of hydrogen-bond acceptors (Lipinski definition) is 6. The number of benzene rings is 2. The van der Waals surface area contributed by atoms with E-state index in [9.17, 15) is 5.11 Å². The molecule has 0 unspecified atom stereocenters. The average Bonchev–Trinajstić information content (AvgIpc) is 3.16. The van der Waals surface area contributed by atoms with Crippen molar-refractivity contribution >= 4 is 11.4 Å². The van der Waals surface area contributed by atoms with E-state index in [0.29, 0.717) is 18.3 Å². The molecule has 0 radical (unpaired) electrons. The van der Waals surface area contributed by atoms with E-state index in [2.05, 4.69) is 32.5 Å². The van der Waals surface area contributed by atoms with Crippen LogP contribution in [0.25, 0.3) is 11.4 Å². The van der Waals surface area contributed by atoms with Crippen LogP contribution in [-0.2, 0) is 6.54 Å². The topological polar surface area (TPSA) is 74.4 Å². The molecule has 1 aliphatic heterocycles. The number of hydrogen-bond donors (Lipinski definition) is 2. The summed E-state index contributed by atoms with van der Waals surface area (Å²) in [6.07, 6.45) is 1.43. The van der Waals surface area contributed by atoms with Crippen LogP contribution in [0.15, 0.2) is 53.1 Å². The molecule has 4 rings (SSSR count). The summed E-state index contributed by atoms with van der Waals surface area (Å²) in [6.45, 7) is 4.23. The van der Waals surface area contributed by atoms with Crippen LogP contribution < -0.4 is 10.2 Å². The Morgan fingerprint density at radius 2 is 1.96 bits per heavy atom. The molecule has 1 aliphatic rings. The second-order valence-electron chi connectivity index (χ2n) is 6.97. The minimum Gasteiger partial charge on any atom is -0.393 e. The van der Waals surface area contributed by atoms with Crippen LogP contribution in [-0.4, -0.2) is 34.4 Å². The molecule has 0 atom stereocenters. The van der Waals surface area contributed by atoms with Gasteiger partial charge in [-0.3, -0.25) is 0 Å². The van der Waals surface area contributed by atoms with Crippen molar-refractivity contribution in [2.24, 2.45) is 0 Å². The highest BCUT2D eigenvalue weighted by Gasteiger charge is 2.19. The molecule has 1 aromatic heterocycles. The number of aryl methyl sites for hydroxylation is 1. The lowest BCUT2D eigenvalue weighted by Gasteiger charge is -2.32. The molecule has 6 heteroatoms. The Morgan fingerprint density at radius 1 is 1.15 bits per heavy atom. The number of piperidine rings is 1. The molecular weight excluding hydrogens is 340 g/mol. The van der Waals surface area contributed by atoms with Gasteiger partial charge in [-0.25, -0.2) is 0 Å². The highest BCUT2D eigenvalue weighted by atomic mass is 16.5. The Kier molecular flexibility index (Phi) is 5.07. The zero-order valence-electron chi connectivity index (χ0n) is 15.4. The van der Waals surface area contributed by atoms with Crippen molar-refractivity contribution in [3.05, 3.63) is 60.0 Å². The van der Waals surface area contributed by atoms with Gasteiger partial charge < -0.3 is 19.8 Å². The fourth-order valence-corrected chi connectivity index (χ4v) is 3.40. The van der Waals surface area contributed by atoms with Crippen molar-refractivity contribution in [1.82, 2.24) is 10.1 Å². The normalized spacial score (nSPS) is 15.1. The summed E-state index contributed by atoms with van der Waals surface area (Å²) in [5.41, 5.74) is 4.29. The molecule has 1 saturated heterocycles. The van der Waals surface area contributed by atoms with Gasteiger partial charge in [-0.2, -0.15) is 4.98 Å². The maximum absolute atomic E-state index is 9.74. The SMILES string of the molecule is Cc1cccc(-c2noc(CNc3ccccc3N3CCC(O)CC3)n2)c1. The molecule has 27 heavy (non-hydrogen) atoms. The fraction of sp³-hybridized carbons (Fsp3) is 0.333. The van der Waals surface area contributed by atoms with E-state index >= 15 is 0 Å². The summed E-state index contributed by atoms with van der Waals surface area (Å²) in [5.74, 6) is 1.16. The zero-order chi connectivity index (χ0) is 18.6. The molecule has 0 saturated carbocycles. The van der Waals surface area contributed by atoms with Crippen LogP contribution in [0.1, 0.15) is 24.3 Å². The van der Waals surface area contributed by atoms with Gasteiger partial charge in [0.05, 0.1) is 24.0 Å². The molecule has 2 aromatic carbocycles. The molecular formula is C21H24N4O2. The fourth-order valence-electron chi connectivity index (χ4n) is 3.40. The van der Waals surface area contributed by atoms with Gasteiger partial charge in [0, 0.05) is 18.7 Å². The Bertz CT molecular complexity index is 900. The van der Waals surface area contributed by atoms with Crippen molar-refractivity contribution in [3.63, 3.8) is 0 Å². The van der Waals surface area contributed by atoms with Crippen molar-refractivity contribution in [2.45, 2.75) is 32.4 Å². The number of nitrogens with one attached hydrogen (secondary N) is 1. The van der Waals surface area contributed by atoms with Crippen LogP contribution in [0.3, 0.4) is 0 Å². The number of aliphatic hydroxyl groups is 1. The summed E-state index contributed by atoms with van der Waals surface area (Å²) in [4.78, 5) is 6.81. The van der Waals surface area contributed by atoms with E-state index in [4.69, 9.17) is 4.52 Å². The smallest absolute Gasteiger partial charge is 0.246 e. The molecule has 2 N–H and O–H groups in total. The van der Waals surface area contributed by atoms with E-state index in [1.165, 1.54) is 0 Å². The van der Waals surface area contributed by atoms with Gasteiger partial charge in [0.25, 0.3) is 0 Å². The van der Waals surface area contributed by atoms with Gasteiger partial charge in [-0.15, -0.1) is 0 Å². The summed E-state index contributed by atoms with van der Waals surface area (Å²) >= 11 is 0. The van der Waals surface area contributed by atoms with Crippen LogP contribution in [0.5, 0.6) is 0 Å². The van der Waals surface area contributed by atoms with Crippen molar-refractivity contribution < 1.29 is 9.63 Å². The molecule has 140 valence electrons. The van der Waals surface area contributed by atoms with Crippen molar-refractivity contribution in [3.8, 4) is 11.4 Å². The van der Waals surface area contributed by atoms with Gasteiger partial charge in [-0.05, 0) is 38.0 Å². The Hall–Kier alpha value is -2.86. The highest BCUT2D eigenvalue weighted by Crippen LogP contribution is 2.28. The van der Waals surface area contributed by atoms with Crippen LogP contribution in [0.2, 0.25) is 0 Å². The van der Waals surface area contributed by atoms with E-state index in [1.54, 1.807) is 0 Å². The zero-order valence-corrected chi connectivity index (χ0v) is 15.4. The summed E-state index contributed by atoms with van der Waals surface area (Å²) in [6, 6.07) is 16.3. The first-order chi connectivity index (χ1) is 13.2. The van der Waals surface area contributed by atoms with Crippen molar-refractivity contribution in [2.75, 3.05) is 23.3 Å². The minimum atomic E-state index is -0.181. The van der Waals surface area contributed by atoms with Crippen LogP contribution >= 0.6 is 0 Å². The van der Waals surface area contributed by atoms with Crippen LogP contribution in [0.4, 0.5) is 11.4 Å². The first kappa shape index (κ1) is 17.5. The Balaban J connectivity index is 1.45. The second-order valence-corrected chi connectivity index (χ2v) is 6.97.